The topological polar surface area (TPSA) is 46.8 Å². The molecule has 21 heavy (non-hydrogen) atoms. The first kappa shape index (κ1) is 12.3. The standard InChI is InChI=1S/C16H17N5/c1-2-4-15-14(3-1)16(5-7-17-15)20-9-6-13(11-20)12-21-10-8-18-19-21/h1-5,7-8,10,13H,6,9,11-12H2. The third-order valence-electron chi connectivity index (χ3n) is 4.17. The largest absolute Gasteiger partial charge is 0.371 e. The van der Waals surface area contributed by atoms with Crippen LogP contribution >= 0.6 is 0 Å². The second-order valence-corrected chi connectivity index (χ2v) is 5.57. The van der Waals surface area contributed by atoms with Crippen molar-refractivity contribution in [2.24, 2.45) is 5.92 Å². The van der Waals surface area contributed by atoms with Gasteiger partial charge < -0.3 is 4.90 Å². The minimum atomic E-state index is 0.624. The van der Waals surface area contributed by atoms with Crippen molar-refractivity contribution in [3.63, 3.8) is 0 Å². The number of anilines is 1. The first-order chi connectivity index (χ1) is 10.4. The number of para-hydroxylation sites is 1. The van der Waals surface area contributed by atoms with E-state index in [9.17, 15) is 0 Å². The molecule has 1 fully saturated rings. The van der Waals surface area contributed by atoms with Crippen LogP contribution in [0.2, 0.25) is 0 Å². The van der Waals surface area contributed by atoms with Crippen LogP contribution in [0.15, 0.2) is 48.9 Å². The fourth-order valence-corrected chi connectivity index (χ4v) is 3.15. The van der Waals surface area contributed by atoms with Crippen molar-refractivity contribution in [2.45, 2.75) is 13.0 Å². The molecule has 2 aromatic heterocycles. The van der Waals surface area contributed by atoms with Crippen LogP contribution in [0.4, 0.5) is 5.69 Å². The van der Waals surface area contributed by atoms with Crippen LogP contribution in [0, 0.1) is 5.92 Å². The van der Waals surface area contributed by atoms with Crippen LogP contribution in [-0.2, 0) is 6.54 Å². The summed E-state index contributed by atoms with van der Waals surface area (Å²) in [7, 11) is 0. The van der Waals surface area contributed by atoms with E-state index in [2.05, 4.69) is 44.5 Å². The van der Waals surface area contributed by atoms with E-state index >= 15 is 0 Å². The molecule has 3 heterocycles. The predicted octanol–water partition coefficient (Wildman–Crippen LogP) is 2.35. The summed E-state index contributed by atoms with van der Waals surface area (Å²) in [5.41, 5.74) is 2.36. The summed E-state index contributed by atoms with van der Waals surface area (Å²) in [6, 6.07) is 10.5. The van der Waals surface area contributed by atoms with Gasteiger partial charge in [0.1, 0.15) is 0 Å². The fourth-order valence-electron chi connectivity index (χ4n) is 3.15. The Hall–Kier alpha value is -2.43. The van der Waals surface area contributed by atoms with Crippen LogP contribution in [0.5, 0.6) is 0 Å². The van der Waals surface area contributed by atoms with E-state index in [-0.39, 0.29) is 0 Å². The number of hydrogen-bond donors (Lipinski definition) is 0. The summed E-state index contributed by atoms with van der Waals surface area (Å²) in [6.45, 7) is 3.10. The molecule has 0 aliphatic carbocycles. The van der Waals surface area contributed by atoms with Gasteiger partial charge in [0.15, 0.2) is 0 Å². The zero-order chi connectivity index (χ0) is 14.1. The molecule has 106 valence electrons. The Morgan fingerprint density at radius 3 is 3.00 bits per heavy atom. The maximum atomic E-state index is 4.44. The Balaban J connectivity index is 1.57. The lowest BCUT2D eigenvalue weighted by Crippen LogP contribution is -2.21. The number of hydrogen-bond acceptors (Lipinski definition) is 4. The molecule has 0 spiro atoms. The van der Waals surface area contributed by atoms with E-state index in [0.717, 1.165) is 25.2 Å². The number of aromatic nitrogens is 4. The van der Waals surface area contributed by atoms with E-state index < -0.39 is 0 Å². The molecular weight excluding hydrogens is 262 g/mol. The monoisotopic (exact) mass is 279 g/mol. The minimum Gasteiger partial charge on any atom is -0.371 e. The zero-order valence-corrected chi connectivity index (χ0v) is 11.8. The van der Waals surface area contributed by atoms with Crippen LogP contribution in [-0.4, -0.2) is 33.1 Å². The van der Waals surface area contributed by atoms with Gasteiger partial charge in [0.25, 0.3) is 0 Å². The van der Waals surface area contributed by atoms with Crippen molar-refractivity contribution in [3.8, 4) is 0 Å². The van der Waals surface area contributed by atoms with Crippen LogP contribution in [0.3, 0.4) is 0 Å². The SMILES string of the molecule is c1ccc2c(N3CCC(Cn4ccnn4)C3)ccnc2c1. The first-order valence-corrected chi connectivity index (χ1v) is 7.33. The van der Waals surface area contributed by atoms with Crippen LogP contribution in [0.1, 0.15) is 6.42 Å². The van der Waals surface area contributed by atoms with Gasteiger partial charge >= 0.3 is 0 Å². The fraction of sp³-hybridized carbons (Fsp3) is 0.312. The molecule has 1 aromatic carbocycles. The van der Waals surface area contributed by atoms with E-state index in [4.69, 9.17) is 0 Å². The molecule has 1 aliphatic rings. The Morgan fingerprint density at radius 1 is 1.14 bits per heavy atom. The number of pyridine rings is 1. The highest BCUT2D eigenvalue weighted by Gasteiger charge is 2.24. The molecule has 4 rings (SSSR count). The lowest BCUT2D eigenvalue weighted by Gasteiger charge is -2.20. The maximum Gasteiger partial charge on any atom is 0.0722 e. The van der Waals surface area contributed by atoms with Crippen molar-refractivity contribution < 1.29 is 0 Å². The number of rotatable bonds is 3. The molecule has 0 saturated carbocycles. The van der Waals surface area contributed by atoms with Gasteiger partial charge in [-0.2, -0.15) is 0 Å². The summed E-state index contributed by atoms with van der Waals surface area (Å²) >= 11 is 0. The summed E-state index contributed by atoms with van der Waals surface area (Å²) in [6.07, 6.45) is 6.77. The maximum absolute atomic E-state index is 4.44. The predicted molar refractivity (Wildman–Crippen MR) is 82.1 cm³/mol. The van der Waals surface area contributed by atoms with Gasteiger partial charge in [-0.05, 0) is 24.5 Å². The van der Waals surface area contributed by atoms with Gasteiger partial charge in [0, 0.05) is 43.1 Å². The molecule has 0 radical (unpaired) electrons. The molecule has 1 unspecified atom stereocenters. The molecule has 0 bridgehead atoms. The Bertz CT molecular complexity index is 732. The highest BCUT2D eigenvalue weighted by molar-refractivity contribution is 5.91. The van der Waals surface area contributed by atoms with Gasteiger partial charge in [0.05, 0.1) is 11.7 Å². The molecule has 5 heteroatoms. The Morgan fingerprint density at radius 2 is 2.10 bits per heavy atom. The summed E-state index contributed by atoms with van der Waals surface area (Å²) < 4.78 is 1.93. The van der Waals surface area contributed by atoms with Gasteiger partial charge in [-0.3, -0.25) is 9.67 Å². The molecule has 1 aliphatic heterocycles. The van der Waals surface area contributed by atoms with Crippen molar-refractivity contribution >= 4 is 16.6 Å². The highest BCUT2D eigenvalue weighted by Crippen LogP contribution is 2.30. The summed E-state index contributed by atoms with van der Waals surface area (Å²) in [5, 5.41) is 9.18. The van der Waals surface area contributed by atoms with Crippen LogP contribution in [0.25, 0.3) is 10.9 Å². The second-order valence-electron chi connectivity index (χ2n) is 5.57. The van der Waals surface area contributed by atoms with Gasteiger partial charge in [-0.15, -0.1) is 5.10 Å². The number of benzene rings is 1. The summed E-state index contributed by atoms with van der Waals surface area (Å²) in [5.74, 6) is 0.624. The lowest BCUT2D eigenvalue weighted by molar-refractivity contribution is 0.444. The van der Waals surface area contributed by atoms with Crippen molar-refractivity contribution in [3.05, 3.63) is 48.9 Å². The third kappa shape index (κ3) is 2.35. The molecule has 0 amide bonds. The number of fused-ring (bicyclic) bond motifs is 1. The third-order valence-corrected chi connectivity index (χ3v) is 4.17. The molecular formula is C16H17N5. The zero-order valence-electron chi connectivity index (χ0n) is 11.8. The molecule has 1 atom stereocenters. The first-order valence-electron chi connectivity index (χ1n) is 7.33. The normalized spacial score (nSPS) is 18.5. The van der Waals surface area contributed by atoms with Crippen molar-refractivity contribution in [2.75, 3.05) is 18.0 Å². The van der Waals surface area contributed by atoms with Gasteiger partial charge in [-0.1, -0.05) is 23.4 Å². The average Bonchev–Trinajstić information content (AvgIpc) is 3.19. The van der Waals surface area contributed by atoms with E-state index in [1.807, 2.05) is 23.1 Å². The molecule has 5 nitrogen and oxygen atoms in total. The van der Waals surface area contributed by atoms with E-state index in [0.29, 0.717) is 5.92 Å². The minimum absolute atomic E-state index is 0.624. The van der Waals surface area contributed by atoms with E-state index in [1.54, 1.807) is 6.20 Å². The quantitative estimate of drug-likeness (QED) is 0.738. The Labute approximate surface area is 123 Å². The molecule has 0 N–H and O–H groups in total. The molecule has 1 saturated heterocycles. The highest BCUT2D eigenvalue weighted by atomic mass is 15.4. The van der Waals surface area contributed by atoms with Crippen molar-refractivity contribution in [1.29, 1.82) is 0 Å². The van der Waals surface area contributed by atoms with Gasteiger partial charge in [-0.25, -0.2) is 0 Å². The second kappa shape index (κ2) is 5.16. The lowest BCUT2D eigenvalue weighted by atomic mass is 10.1. The van der Waals surface area contributed by atoms with Crippen molar-refractivity contribution in [1.82, 2.24) is 20.0 Å². The average molecular weight is 279 g/mol. The van der Waals surface area contributed by atoms with E-state index in [1.165, 1.54) is 17.5 Å². The smallest absolute Gasteiger partial charge is 0.0722 e. The molecule has 3 aromatic rings. The Kier molecular flexibility index (Phi) is 3.03. The van der Waals surface area contributed by atoms with Crippen LogP contribution < -0.4 is 4.90 Å². The van der Waals surface area contributed by atoms with Gasteiger partial charge in [0.2, 0.25) is 0 Å². The summed E-state index contributed by atoms with van der Waals surface area (Å²) in [4.78, 5) is 6.91. The number of nitrogens with zero attached hydrogens (tertiary/aromatic N) is 5.